The van der Waals surface area contributed by atoms with E-state index in [9.17, 15) is 19.8 Å². The minimum atomic E-state index is -1.11. The largest absolute Gasteiger partial charge is 0.480 e. The van der Waals surface area contributed by atoms with Crippen molar-refractivity contribution in [1.82, 2.24) is 5.32 Å². The lowest BCUT2D eigenvalue weighted by molar-refractivity contribution is -0.144. The molecule has 24 heavy (non-hydrogen) atoms. The van der Waals surface area contributed by atoms with Gasteiger partial charge in [-0.25, -0.2) is 0 Å². The number of carbonyl (C=O) groups is 2. The number of hydrogen-bond acceptors (Lipinski definition) is 6. The van der Waals surface area contributed by atoms with Crippen LogP contribution in [0.5, 0.6) is 0 Å². The Hall–Kier alpha value is -1.22. The molecule has 8 heteroatoms. The van der Waals surface area contributed by atoms with Gasteiger partial charge in [0.2, 0.25) is 0 Å². The maximum atomic E-state index is 11.3. The van der Waals surface area contributed by atoms with Gasteiger partial charge in [0.05, 0.1) is 18.3 Å². The first-order valence-corrected chi connectivity index (χ1v) is 8.42. The SMILES string of the molecule is CC1(C)C(OC2CCC(O)C([C@H](N)C(=O)O)CC2)CN[C@@H]1C(=O)O. The number of carboxylic acids is 2. The number of aliphatic hydroxyl groups excluding tert-OH is 1. The summed E-state index contributed by atoms with van der Waals surface area (Å²) in [6, 6.07) is -1.74. The van der Waals surface area contributed by atoms with Gasteiger partial charge in [0.15, 0.2) is 0 Å². The van der Waals surface area contributed by atoms with E-state index in [4.69, 9.17) is 15.6 Å². The molecule has 6 N–H and O–H groups in total. The molecule has 0 radical (unpaired) electrons. The fourth-order valence-electron chi connectivity index (χ4n) is 3.82. The summed E-state index contributed by atoms with van der Waals surface area (Å²) in [5.41, 5.74) is 5.13. The number of hydrogen-bond donors (Lipinski definition) is 5. The zero-order chi connectivity index (χ0) is 18.1. The Kier molecular flexibility index (Phi) is 5.85. The van der Waals surface area contributed by atoms with E-state index in [-0.39, 0.29) is 12.2 Å². The van der Waals surface area contributed by atoms with E-state index in [1.165, 1.54) is 0 Å². The zero-order valence-corrected chi connectivity index (χ0v) is 14.1. The normalized spacial score (nSPS) is 37.6. The van der Waals surface area contributed by atoms with Crippen molar-refractivity contribution >= 4 is 11.9 Å². The number of rotatable bonds is 5. The predicted molar refractivity (Wildman–Crippen MR) is 85.4 cm³/mol. The smallest absolute Gasteiger partial charge is 0.321 e. The molecule has 8 nitrogen and oxygen atoms in total. The molecule has 1 saturated carbocycles. The van der Waals surface area contributed by atoms with Crippen LogP contribution < -0.4 is 11.1 Å². The van der Waals surface area contributed by atoms with Crippen molar-refractivity contribution in [3.8, 4) is 0 Å². The van der Waals surface area contributed by atoms with E-state index in [1.807, 2.05) is 13.8 Å². The van der Waals surface area contributed by atoms with E-state index in [1.54, 1.807) is 0 Å². The van der Waals surface area contributed by atoms with Gasteiger partial charge in [0.25, 0.3) is 0 Å². The molecule has 0 amide bonds. The molecule has 0 aromatic rings. The highest BCUT2D eigenvalue weighted by Gasteiger charge is 2.48. The monoisotopic (exact) mass is 344 g/mol. The summed E-state index contributed by atoms with van der Waals surface area (Å²) in [7, 11) is 0. The maximum absolute atomic E-state index is 11.3. The minimum Gasteiger partial charge on any atom is -0.480 e. The average Bonchev–Trinajstić information content (AvgIpc) is 2.66. The van der Waals surface area contributed by atoms with Crippen LogP contribution in [0.4, 0.5) is 0 Å². The molecule has 2 rings (SSSR count). The fraction of sp³-hybridized carbons (Fsp3) is 0.875. The number of aliphatic carboxylic acids is 2. The van der Waals surface area contributed by atoms with Gasteiger partial charge in [-0.15, -0.1) is 0 Å². The second-order valence-corrected chi connectivity index (χ2v) is 7.50. The molecule has 0 spiro atoms. The van der Waals surface area contributed by atoms with Gasteiger partial charge in [-0.2, -0.15) is 0 Å². The molecule has 0 aromatic carbocycles. The molecule has 2 fully saturated rings. The molecule has 6 atom stereocenters. The highest BCUT2D eigenvalue weighted by molar-refractivity contribution is 5.75. The van der Waals surface area contributed by atoms with Crippen molar-refractivity contribution in [2.45, 2.75) is 69.9 Å². The number of nitrogens with one attached hydrogen (secondary N) is 1. The molecule has 1 aliphatic heterocycles. The van der Waals surface area contributed by atoms with Crippen molar-refractivity contribution in [3.05, 3.63) is 0 Å². The molecular formula is C16H28N2O6. The standard InChI is InChI=1S/C16H28N2O6/c1-16(2)11(7-18-13(16)15(22)23)24-8-3-5-9(10(19)6-4-8)12(17)14(20)21/h8-13,18-19H,3-7,17H2,1-2H3,(H,20,21)(H,22,23)/t8?,9?,10?,11?,12-,13+/m0/s1. The lowest BCUT2D eigenvalue weighted by Gasteiger charge is -2.32. The molecule has 4 unspecified atom stereocenters. The highest BCUT2D eigenvalue weighted by Crippen LogP contribution is 2.36. The van der Waals surface area contributed by atoms with Crippen LogP contribution in [-0.4, -0.2) is 64.2 Å². The molecule has 2 aliphatic rings. The summed E-state index contributed by atoms with van der Waals surface area (Å²) in [5.74, 6) is -2.49. The molecule has 1 heterocycles. The van der Waals surface area contributed by atoms with Gasteiger partial charge >= 0.3 is 11.9 Å². The Morgan fingerprint density at radius 3 is 2.38 bits per heavy atom. The highest BCUT2D eigenvalue weighted by atomic mass is 16.5. The third-order valence-electron chi connectivity index (χ3n) is 5.53. The van der Waals surface area contributed by atoms with Gasteiger partial charge < -0.3 is 31.1 Å². The number of nitrogens with two attached hydrogens (primary N) is 1. The van der Waals surface area contributed by atoms with E-state index < -0.39 is 41.5 Å². The summed E-state index contributed by atoms with van der Waals surface area (Å²) in [4.78, 5) is 22.4. The Morgan fingerprint density at radius 1 is 1.21 bits per heavy atom. The number of aliphatic hydroxyl groups is 1. The fourth-order valence-corrected chi connectivity index (χ4v) is 3.82. The molecule has 138 valence electrons. The first-order valence-electron chi connectivity index (χ1n) is 8.42. The summed E-state index contributed by atoms with van der Waals surface area (Å²) in [6.45, 7) is 4.19. The maximum Gasteiger partial charge on any atom is 0.321 e. The van der Waals surface area contributed by atoms with Crippen LogP contribution in [0.15, 0.2) is 0 Å². The topological polar surface area (TPSA) is 142 Å². The van der Waals surface area contributed by atoms with Crippen LogP contribution in [0.1, 0.15) is 39.5 Å². The molecule has 1 aliphatic carbocycles. The van der Waals surface area contributed by atoms with Crippen molar-refractivity contribution in [2.75, 3.05) is 6.54 Å². The number of ether oxygens (including phenoxy) is 1. The summed E-state index contributed by atoms with van der Waals surface area (Å²) in [6.07, 6.45) is 0.976. The van der Waals surface area contributed by atoms with E-state index in [0.717, 1.165) is 0 Å². The van der Waals surface area contributed by atoms with Crippen LogP contribution in [0, 0.1) is 11.3 Å². The average molecular weight is 344 g/mol. The van der Waals surface area contributed by atoms with Gasteiger partial charge in [0.1, 0.15) is 12.1 Å². The zero-order valence-electron chi connectivity index (χ0n) is 14.1. The van der Waals surface area contributed by atoms with Crippen LogP contribution in [0.2, 0.25) is 0 Å². The van der Waals surface area contributed by atoms with Crippen LogP contribution in [-0.2, 0) is 14.3 Å². The Labute approximate surface area is 141 Å². The first kappa shape index (κ1) is 19.1. The third-order valence-corrected chi connectivity index (χ3v) is 5.53. The summed E-state index contributed by atoms with van der Waals surface area (Å²) >= 11 is 0. The second kappa shape index (κ2) is 7.35. The first-order chi connectivity index (χ1) is 11.1. The lowest BCUT2D eigenvalue weighted by atomic mass is 9.82. The van der Waals surface area contributed by atoms with E-state index in [0.29, 0.717) is 32.2 Å². The van der Waals surface area contributed by atoms with Gasteiger partial charge in [-0.05, 0) is 25.7 Å². The third kappa shape index (κ3) is 3.88. The van der Waals surface area contributed by atoms with Gasteiger partial charge in [0, 0.05) is 17.9 Å². The Bertz CT molecular complexity index is 483. The van der Waals surface area contributed by atoms with E-state index in [2.05, 4.69) is 5.32 Å². The van der Waals surface area contributed by atoms with Crippen molar-refractivity contribution in [3.63, 3.8) is 0 Å². The quantitative estimate of drug-likeness (QED) is 0.431. The molecule has 1 saturated heterocycles. The van der Waals surface area contributed by atoms with Crippen LogP contribution in [0.3, 0.4) is 0 Å². The van der Waals surface area contributed by atoms with Gasteiger partial charge in [-0.1, -0.05) is 13.8 Å². The van der Waals surface area contributed by atoms with Crippen molar-refractivity contribution < 1.29 is 29.6 Å². The lowest BCUT2D eigenvalue weighted by Crippen LogP contribution is -2.43. The second-order valence-electron chi connectivity index (χ2n) is 7.50. The summed E-state index contributed by atoms with van der Waals surface area (Å²) in [5, 5.41) is 31.5. The Morgan fingerprint density at radius 2 is 1.83 bits per heavy atom. The molecule has 0 bridgehead atoms. The van der Waals surface area contributed by atoms with Crippen LogP contribution in [0.25, 0.3) is 0 Å². The van der Waals surface area contributed by atoms with Crippen molar-refractivity contribution in [1.29, 1.82) is 0 Å². The molecule has 0 aromatic heterocycles. The predicted octanol–water partition coefficient (Wildman–Crippen LogP) is -0.214. The number of carboxylic acid groups (broad SMARTS) is 2. The summed E-state index contributed by atoms with van der Waals surface area (Å²) < 4.78 is 6.14. The Balaban J connectivity index is 1.97. The van der Waals surface area contributed by atoms with E-state index >= 15 is 0 Å². The molecular weight excluding hydrogens is 316 g/mol. The van der Waals surface area contributed by atoms with Crippen LogP contribution >= 0.6 is 0 Å². The minimum absolute atomic E-state index is 0.135. The van der Waals surface area contributed by atoms with Crippen molar-refractivity contribution in [2.24, 2.45) is 17.1 Å². The van der Waals surface area contributed by atoms with Gasteiger partial charge in [-0.3, -0.25) is 9.59 Å².